The van der Waals surface area contributed by atoms with Gasteiger partial charge in [0.1, 0.15) is 5.76 Å². The Hall–Kier alpha value is -3.39. The Morgan fingerprint density at radius 2 is 1.76 bits per heavy atom. The van der Waals surface area contributed by atoms with E-state index in [1.165, 1.54) is 0 Å². The van der Waals surface area contributed by atoms with Crippen molar-refractivity contribution >= 4 is 27.3 Å². The third kappa shape index (κ3) is 4.57. The number of carbonyl (C=O) groups excluding carboxylic acids is 1. The van der Waals surface area contributed by atoms with Gasteiger partial charge in [-0.05, 0) is 57.9 Å². The van der Waals surface area contributed by atoms with Crippen LogP contribution in [0.5, 0.6) is 0 Å². The van der Waals surface area contributed by atoms with Gasteiger partial charge in [-0.2, -0.15) is 18.4 Å². The van der Waals surface area contributed by atoms with Crippen molar-refractivity contribution in [3.8, 4) is 0 Å². The molecule has 7 nitrogen and oxygen atoms in total. The minimum Gasteiger partial charge on any atom is -0.455 e. The number of anilines is 1. The Morgan fingerprint density at radius 1 is 1.06 bits per heavy atom. The van der Waals surface area contributed by atoms with E-state index in [1.807, 2.05) is 51.1 Å². The van der Waals surface area contributed by atoms with Gasteiger partial charge in [0.05, 0.1) is 10.6 Å². The van der Waals surface area contributed by atoms with Crippen molar-refractivity contribution < 1.29 is 17.6 Å². The van der Waals surface area contributed by atoms with E-state index in [2.05, 4.69) is 9.93 Å². The van der Waals surface area contributed by atoms with Gasteiger partial charge >= 0.3 is 0 Å². The summed E-state index contributed by atoms with van der Waals surface area (Å²) in [5.74, 6) is 0.705. The second-order valence-electron chi connectivity index (χ2n) is 8.06. The summed E-state index contributed by atoms with van der Waals surface area (Å²) < 4.78 is 31.4. The third-order valence-electron chi connectivity index (χ3n) is 5.78. The summed E-state index contributed by atoms with van der Waals surface area (Å²) in [6.07, 6.45) is 2.02. The van der Waals surface area contributed by atoms with Crippen molar-refractivity contribution in [2.75, 3.05) is 11.4 Å². The second-order valence-corrected chi connectivity index (χ2v) is 9.72. The smallest absolute Gasteiger partial charge is 0.294 e. The molecule has 0 fully saturated rings. The standard InChI is InChI=1S/C25H27N3O4S/c1-4-28(19-9-6-5-7-10-19)25(29)24-18(3)23-21(11-8-12-22(23)32-24)26-27-33(30,31)20-15-13-17(2)14-16-20/h5-7,9-10,13-16,27H,4,8,11-12H2,1-3H3/b26-21+. The highest BCUT2D eigenvalue weighted by Gasteiger charge is 2.30. The van der Waals surface area contributed by atoms with Crippen molar-refractivity contribution in [3.63, 3.8) is 0 Å². The SMILES string of the molecule is CCN(C(=O)c1oc2c(c1C)/C(=N/NS(=O)(=O)c1ccc(C)cc1)CCC2)c1ccccc1. The molecule has 4 rings (SSSR count). The number of hydrogen-bond donors (Lipinski definition) is 1. The van der Waals surface area contributed by atoms with E-state index in [9.17, 15) is 13.2 Å². The number of aryl methyl sites for hydroxylation is 2. The predicted octanol–water partition coefficient (Wildman–Crippen LogP) is 4.58. The van der Waals surface area contributed by atoms with E-state index in [0.717, 1.165) is 23.2 Å². The third-order valence-corrected chi connectivity index (χ3v) is 7.01. The molecule has 2 aromatic carbocycles. The number of nitrogens with zero attached hydrogens (tertiary/aromatic N) is 2. The maximum absolute atomic E-state index is 13.3. The molecule has 0 bridgehead atoms. The molecule has 0 radical (unpaired) electrons. The van der Waals surface area contributed by atoms with Crippen LogP contribution in [0.1, 0.15) is 52.8 Å². The van der Waals surface area contributed by atoms with E-state index in [1.54, 1.807) is 29.2 Å². The van der Waals surface area contributed by atoms with Gasteiger partial charge < -0.3 is 9.32 Å². The highest BCUT2D eigenvalue weighted by atomic mass is 32.2. The Labute approximate surface area is 194 Å². The van der Waals surface area contributed by atoms with Crippen LogP contribution in [0.4, 0.5) is 5.69 Å². The van der Waals surface area contributed by atoms with Crippen LogP contribution in [-0.4, -0.2) is 26.6 Å². The molecule has 0 spiro atoms. The number of para-hydroxylation sites is 1. The average molecular weight is 466 g/mol. The maximum Gasteiger partial charge on any atom is 0.294 e. The van der Waals surface area contributed by atoms with Crippen LogP contribution in [0.3, 0.4) is 0 Å². The number of rotatable bonds is 6. The zero-order valence-corrected chi connectivity index (χ0v) is 19.8. The first-order valence-electron chi connectivity index (χ1n) is 11.0. The van der Waals surface area contributed by atoms with Crippen molar-refractivity contribution in [2.45, 2.75) is 44.9 Å². The van der Waals surface area contributed by atoms with Crippen LogP contribution in [0.25, 0.3) is 0 Å². The first-order valence-corrected chi connectivity index (χ1v) is 12.4. The summed E-state index contributed by atoms with van der Waals surface area (Å²) in [6.45, 7) is 6.12. The number of nitrogens with one attached hydrogen (secondary N) is 1. The Morgan fingerprint density at radius 3 is 2.42 bits per heavy atom. The van der Waals surface area contributed by atoms with Crippen LogP contribution in [0.2, 0.25) is 0 Å². The van der Waals surface area contributed by atoms with Crippen LogP contribution in [-0.2, 0) is 16.4 Å². The van der Waals surface area contributed by atoms with Gasteiger partial charge in [-0.15, -0.1) is 0 Å². The number of benzene rings is 2. The minimum absolute atomic E-state index is 0.148. The van der Waals surface area contributed by atoms with Gasteiger partial charge in [0.2, 0.25) is 0 Å². The highest BCUT2D eigenvalue weighted by molar-refractivity contribution is 7.89. The molecule has 1 aromatic heterocycles. The summed E-state index contributed by atoms with van der Waals surface area (Å²) in [7, 11) is -3.80. The topological polar surface area (TPSA) is 92.0 Å². The monoisotopic (exact) mass is 465 g/mol. The fourth-order valence-corrected chi connectivity index (χ4v) is 4.87. The first-order chi connectivity index (χ1) is 15.8. The van der Waals surface area contributed by atoms with Gasteiger partial charge in [0.25, 0.3) is 15.9 Å². The lowest BCUT2D eigenvalue weighted by Gasteiger charge is -2.20. The molecule has 1 amide bonds. The molecule has 1 N–H and O–H groups in total. The highest BCUT2D eigenvalue weighted by Crippen LogP contribution is 2.31. The van der Waals surface area contributed by atoms with Gasteiger partial charge in [-0.25, -0.2) is 0 Å². The summed E-state index contributed by atoms with van der Waals surface area (Å²) in [5.41, 5.74) is 3.74. The number of hydrogen-bond acceptors (Lipinski definition) is 5. The Bertz CT molecular complexity index is 1290. The zero-order valence-electron chi connectivity index (χ0n) is 19.0. The Balaban J connectivity index is 1.65. The van der Waals surface area contributed by atoms with Crippen molar-refractivity contribution in [1.82, 2.24) is 4.83 Å². The maximum atomic E-state index is 13.3. The Kier molecular flexibility index (Phi) is 6.37. The molecule has 8 heteroatoms. The lowest BCUT2D eigenvalue weighted by atomic mass is 9.93. The molecule has 0 atom stereocenters. The minimum atomic E-state index is -3.80. The molecule has 0 saturated carbocycles. The molecule has 1 heterocycles. The van der Waals surface area contributed by atoms with Crippen LogP contribution >= 0.6 is 0 Å². The van der Waals surface area contributed by atoms with Gasteiger partial charge in [0, 0.05) is 29.8 Å². The fraction of sp³-hybridized carbons (Fsp3) is 0.280. The number of sulfonamides is 1. The normalized spacial score (nSPS) is 14.7. The van der Waals surface area contributed by atoms with E-state index >= 15 is 0 Å². The van der Waals surface area contributed by atoms with Crippen LogP contribution in [0, 0.1) is 13.8 Å². The van der Waals surface area contributed by atoms with Crippen LogP contribution < -0.4 is 9.73 Å². The number of carbonyl (C=O) groups is 1. The van der Waals surface area contributed by atoms with Crippen molar-refractivity contribution in [1.29, 1.82) is 0 Å². The molecule has 172 valence electrons. The molecule has 0 aliphatic heterocycles. The summed E-state index contributed by atoms with van der Waals surface area (Å²) >= 11 is 0. The lowest BCUT2D eigenvalue weighted by molar-refractivity contribution is 0.0959. The van der Waals surface area contributed by atoms with Gasteiger partial charge in [-0.3, -0.25) is 4.79 Å². The summed E-state index contributed by atoms with van der Waals surface area (Å²) in [4.78, 5) is 17.5. The molecular weight excluding hydrogens is 438 g/mol. The molecule has 1 aliphatic rings. The van der Waals surface area contributed by atoms with E-state index < -0.39 is 10.0 Å². The number of furan rings is 1. The lowest BCUT2D eigenvalue weighted by Crippen LogP contribution is -2.30. The predicted molar refractivity (Wildman–Crippen MR) is 128 cm³/mol. The zero-order chi connectivity index (χ0) is 23.6. The molecule has 1 aliphatic carbocycles. The van der Waals surface area contributed by atoms with Gasteiger partial charge in [0.15, 0.2) is 5.76 Å². The molecule has 33 heavy (non-hydrogen) atoms. The molecule has 0 unspecified atom stereocenters. The quantitative estimate of drug-likeness (QED) is 0.539. The number of fused-ring (bicyclic) bond motifs is 1. The summed E-state index contributed by atoms with van der Waals surface area (Å²) in [5, 5.41) is 4.25. The number of amides is 1. The van der Waals surface area contributed by atoms with E-state index in [4.69, 9.17) is 4.42 Å². The van der Waals surface area contributed by atoms with E-state index in [0.29, 0.717) is 36.4 Å². The number of hydrazone groups is 1. The van der Waals surface area contributed by atoms with Crippen molar-refractivity contribution in [3.05, 3.63) is 82.8 Å². The van der Waals surface area contributed by atoms with Crippen molar-refractivity contribution in [2.24, 2.45) is 5.10 Å². The molecule has 0 saturated heterocycles. The first kappa shape index (κ1) is 22.8. The van der Waals surface area contributed by atoms with E-state index in [-0.39, 0.29) is 16.6 Å². The average Bonchev–Trinajstić information content (AvgIpc) is 3.16. The summed E-state index contributed by atoms with van der Waals surface area (Å²) in [6, 6.07) is 16.0. The van der Waals surface area contributed by atoms with Crippen LogP contribution in [0.15, 0.2) is 69.0 Å². The largest absolute Gasteiger partial charge is 0.455 e. The molecule has 3 aromatic rings. The molecular formula is C25H27N3O4S. The fourth-order valence-electron chi connectivity index (χ4n) is 4.04. The second kappa shape index (κ2) is 9.23. The van der Waals surface area contributed by atoms with Gasteiger partial charge in [-0.1, -0.05) is 35.9 Å².